The Morgan fingerprint density at radius 2 is 2.35 bits per heavy atom. The predicted octanol–water partition coefficient (Wildman–Crippen LogP) is 2.96. The van der Waals surface area contributed by atoms with Gasteiger partial charge >= 0.3 is 0 Å². The van der Waals surface area contributed by atoms with Gasteiger partial charge in [0.15, 0.2) is 0 Å². The lowest BCUT2D eigenvalue weighted by molar-refractivity contribution is 0.00359. The van der Waals surface area contributed by atoms with Crippen LogP contribution in [0.15, 0.2) is 22.7 Å². The Morgan fingerprint density at radius 1 is 1.59 bits per heavy atom. The molecule has 0 aromatic heterocycles. The Balaban J connectivity index is 2.21. The minimum Gasteiger partial charge on any atom is -0.377 e. The molecular formula is C12H13BrClNO2. The fraction of sp³-hybridized carbons (Fsp3) is 0.417. The van der Waals surface area contributed by atoms with E-state index in [2.05, 4.69) is 15.9 Å². The lowest BCUT2D eigenvalue weighted by Crippen LogP contribution is -2.47. The molecule has 1 heterocycles. The maximum atomic E-state index is 12.3. The number of carbonyl (C=O) groups excluding carboxylic acids is 1. The molecule has 1 aromatic rings. The summed E-state index contributed by atoms with van der Waals surface area (Å²) in [5.74, 6) is 0.0261. The van der Waals surface area contributed by atoms with E-state index in [9.17, 15) is 4.79 Å². The van der Waals surface area contributed by atoms with Crippen molar-refractivity contribution in [3.05, 3.63) is 33.3 Å². The Morgan fingerprint density at radius 3 is 3.00 bits per heavy atom. The average molecular weight is 319 g/mol. The van der Waals surface area contributed by atoms with Gasteiger partial charge in [-0.05, 0) is 41.1 Å². The van der Waals surface area contributed by atoms with E-state index in [0.717, 1.165) is 4.47 Å². The van der Waals surface area contributed by atoms with Crippen molar-refractivity contribution in [3.63, 3.8) is 0 Å². The molecule has 92 valence electrons. The highest BCUT2D eigenvalue weighted by Crippen LogP contribution is 2.24. The number of nitrogens with zero attached hydrogens (tertiary/aromatic N) is 1. The summed E-state index contributed by atoms with van der Waals surface area (Å²) in [6, 6.07) is 5.35. The fourth-order valence-electron chi connectivity index (χ4n) is 1.82. The zero-order valence-corrected chi connectivity index (χ0v) is 11.8. The SMILES string of the molecule is C[C@@H]1COCCN1C(=O)c1ccc(Cl)c(Br)c1. The Kier molecular flexibility index (Phi) is 4.07. The minimum absolute atomic E-state index is 0.0261. The standard InChI is InChI=1S/C12H13BrClNO2/c1-8-7-17-5-4-15(8)12(16)9-2-3-11(14)10(13)6-9/h2-3,6,8H,4-5,7H2,1H3/t8-/m1/s1. The fourth-order valence-corrected chi connectivity index (χ4v) is 2.32. The van der Waals surface area contributed by atoms with Gasteiger partial charge in [-0.1, -0.05) is 11.6 Å². The molecule has 0 unspecified atom stereocenters. The van der Waals surface area contributed by atoms with Crippen molar-refractivity contribution in [1.82, 2.24) is 4.90 Å². The average Bonchev–Trinajstić information content (AvgIpc) is 2.32. The molecule has 1 saturated heterocycles. The molecule has 0 bridgehead atoms. The molecule has 1 atom stereocenters. The van der Waals surface area contributed by atoms with Gasteiger partial charge in [0.1, 0.15) is 0 Å². The first-order valence-electron chi connectivity index (χ1n) is 5.43. The molecule has 1 fully saturated rings. The molecule has 1 aliphatic rings. The summed E-state index contributed by atoms with van der Waals surface area (Å²) in [6.07, 6.45) is 0. The summed E-state index contributed by atoms with van der Waals surface area (Å²) in [5, 5.41) is 0.608. The van der Waals surface area contributed by atoms with E-state index in [0.29, 0.717) is 30.3 Å². The third-order valence-corrected chi connectivity index (χ3v) is 4.01. The largest absolute Gasteiger partial charge is 0.377 e. The van der Waals surface area contributed by atoms with Gasteiger partial charge in [-0.3, -0.25) is 4.79 Å². The molecule has 1 aliphatic heterocycles. The molecule has 2 rings (SSSR count). The van der Waals surface area contributed by atoms with Crippen molar-refractivity contribution in [2.45, 2.75) is 13.0 Å². The quantitative estimate of drug-likeness (QED) is 0.797. The Labute approximate surface area is 114 Å². The number of benzene rings is 1. The van der Waals surface area contributed by atoms with Gasteiger partial charge in [-0.15, -0.1) is 0 Å². The molecular weight excluding hydrogens is 305 g/mol. The van der Waals surface area contributed by atoms with Crippen molar-refractivity contribution in [2.24, 2.45) is 0 Å². The maximum absolute atomic E-state index is 12.3. The van der Waals surface area contributed by atoms with Crippen molar-refractivity contribution in [1.29, 1.82) is 0 Å². The molecule has 0 saturated carbocycles. The minimum atomic E-state index is 0.0261. The van der Waals surface area contributed by atoms with Crippen LogP contribution in [0.1, 0.15) is 17.3 Å². The number of rotatable bonds is 1. The van der Waals surface area contributed by atoms with Crippen molar-refractivity contribution < 1.29 is 9.53 Å². The number of morpholine rings is 1. The van der Waals surface area contributed by atoms with Gasteiger partial charge < -0.3 is 9.64 Å². The van der Waals surface area contributed by atoms with Gasteiger partial charge in [0.2, 0.25) is 0 Å². The van der Waals surface area contributed by atoms with Crippen LogP contribution in [0, 0.1) is 0 Å². The molecule has 1 amide bonds. The second-order valence-electron chi connectivity index (χ2n) is 4.05. The summed E-state index contributed by atoms with van der Waals surface area (Å²) in [6.45, 7) is 3.83. The third-order valence-electron chi connectivity index (χ3n) is 2.80. The van der Waals surface area contributed by atoms with E-state index in [1.165, 1.54) is 0 Å². The van der Waals surface area contributed by atoms with E-state index >= 15 is 0 Å². The van der Waals surface area contributed by atoms with Crippen LogP contribution in [-0.2, 0) is 4.74 Å². The van der Waals surface area contributed by atoms with Crippen LogP contribution >= 0.6 is 27.5 Å². The van der Waals surface area contributed by atoms with E-state index < -0.39 is 0 Å². The first kappa shape index (κ1) is 12.9. The molecule has 1 aromatic carbocycles. The lowest BCUT2D eigenvalue weighted by atomic mass is 10.1. The molecule has 0 radical (unpaired) electrons. The number of halogens is 2. The number of carbonyl (C=O) groups is 1. The lowest BCUT2D eigenvalue weighted by Gasteiger charge is -2.33. The first-order valence-corrected chi connectivity index (χ1v) is 6.60. The van der Waals surface area contributed by atoms with Gasteiger partial charge in [0.25, 0.3) is 5.91 Å². The Hall–Kier alpha value is -0.580. The number of hydrogen-bond acceptors (Lipinski definition) is 2. The summed E-state index contributed by atoms with van der Waals surface area (Å²) in [7, 11) is 0. The summed E-state index contributed by atoms with van der Waals surface area (Å²) < 4.78 is 6.06. The Bertz CT molecular complexity index is 439. The van der Waals surface area contributed by atoms with Crippen LogP contribution in [0.3, 0.4) is 0 Å². The summed E-state index contributed by atoms with van der Waals surface area (Å²) >= 11 is 9.23. The number of hydrogen-bond donors (Lipinski definition) is 0. The third kappa shape index (κ3) is 2.81. The predicted molar refractivity (Wildman–Crippen MR) is 70.5 cm³/mol. The zero-order chi connectivity index (χ0) is 12.4. The van der Waals surface area contributed by atoms with Crippen LogP contribution in [0.25, 0.3) is 0 Å². The van der Waals surface area contributed by atoms with E-state index in [4.69, 9.17) is 16.3 Å². The van der Waals surface area contributed by atoms with Gasteiger partial charge in [0, 0.05) is 16.6 Å². The molecule has 0 N–H and O–H groups in total. The van der Waals surface area contributed by atoms with Crippen LogP contribution in [-0.4, -0.2) is 36.6 Å². The van der Waals surface area contributed by atoms with Crippen LogP contribution in [0.4, 0.5) is 0 Å². The molecule has 0 aliphatic carbocycles. The highest BCUT2D eigenvalue weighted by Gasteiger charge is 2.24. The van der Waals surface area contributed by atoms with Crippen molar-refractivity contribution in [3.8, 4) is 0 Å². The van der Waals surface area contributed by atoms with Crippen LogP contribution < -0.4 is 0 Å². The van der Waals surface area contributed by atoms with E-state index in [-0.39, 0.29) is 11.9 Å². The normalized spacial score (nSPS) is 20.4. The van der Waals surface area contributed by atoms with Crippen LogP contribution in [0.5, 0.6) is 0 Å². The topological polar surface area (TPSA) is 29.5 Å². The highest BCUT2D eigenvalue weighted by atomic mass is 79.9. The monoisotopic (exact) mass is 317 g/mol. The van der Waals surface area contributed by atoms with Gasteiger partial charge in [0.05, 0.1) is 24.3 Å². The van der Waals surface area contributed by atoms with Gasteiger partial charge in [-0.25, -0.2) is 0 Å². The first-order chi connectivity index (χ1) is 8.09. The number of amides is 1. The highest BCUT2D eigenvalue weighted by molar-refractivity contribution is 9.10. The summed E-state index contributed by atoms with van der Waals surface area (Å²) in [5.41, 5.74) is 0.648. The van der Waals surface area contributed by atoms with Crippen molar-refractivity contribution in [2.75, 3.05) is 19.8 Å². The van der Waals surface area contributed by atoms with Crippen LogP contribution in [0.2, 0.25) is 5.02 Å². The van der Waals surface area contributed by atoms with Crippen molar-refractivity contribution >= 4 is 33.4 Å². The second-order valence-corrected chi connectivity index (χ2v) is 5.31. The molecule has 5 heteroatoms. The molecule has 3 nitrogen and oxygen atoms in total. The zero-order valence-electron chi connectivity index (χ0n) is 9.45. The number of ether oxygens (including phenoxy) is 1. The summed E-state index contributed by atoms with van der Waals surface area (Å²) in [4.78, 5) is 14.1. The van der Waals surface area contributed by atoms with Gasteiger partial charge in [-0.2, -0.15) is 0 Å². The molecule has 0 spiro atoms. The smallest absolute Gasteiger partial charge is 0.254 e. The second kappa shape index (κ2) is 5.38. The maximum Gasteiger partial charge on any atom is 0.254 e. The van der Waals surface area contributed by atoms with E-state index in [1.54, 1.807) is 18.2 Å². The van der Waals surface area contributed by atoms with E-state index in [1.807, 2.05) is 11.8 Å². The molecule has 17 heavy (non-hydrogen) atoms.